The highest BCUT2D eigenvalue weighted by molar-refractivity contribution is 6.06. The van der Waals surface area contributed by atoms with E-state index >= 15 is 0 Å². The summed E-state index contributed by atoms with van der Waals surface area (Å²) in [6.45, 7) is 7.82. The molecule has 0 bridgehead atoms. The molecule has 0 saturated heterocycles. The maximum Gasteiger partial charge on any atom is 0.287 e. The molecule has 184 valence electrons. The number of carbonyl (C=O) groups is 2. The van der Waals surface area contributed by atoms with Crippen LogP contribution in [0.25, 0.3) is 12.2 Å². The lowest BCUT2D eigenvalue weighted by atomic mass is 10.1. The number of hydrogen-bond donors (Lipinski definition) is 2. The van der Waals surface area contributed by atoms with Gasteiger partial charge in [-0.3, -0.25) is 9.59 Å². The Kier molecular flexibility index (Phi) is 9.77. The number of carbonyl (C=O) groups excluding carboxylic acids is 2. The minimum atomic E-state index is -0.514. The first-order chi connectivity index (χ1) is 17.5. The predicted octanol–water partition coefficient (Wildman–Crippen LogP) is 5.51. The van der Waals surface area contributed by atoms with E-state index in [0.717, 1.165) is 29.9 Å². The Morgan fingerprint density at radius 1 is 0.833 bits per heavy atom. The Hall–Kier alpha value is -4.45. The molecule has 3 rings (SSSR count). The van der Waals surface area contributed by atoms with Crippen LogP contribution in [-0.2, 0) is 4.79 Å². The maximum atomic E-state index is 13.0. The number of amides is 2. The Bertz CT molecular complexity index is 1230. The Morgan fingerprint density at radius 3 is 2.06 bits per heavy atom. The summed E-state index contributed by atoms with van der Waals surface area (Å²) in [5.74, 6) is -0.888. The van der Waals surface area contributed by atoms with Crippen LogP contribution in [0.15, 0.2) is 102 Å². The molecular formula is C30H32N4O2. The highest BCUT2D eigenvalue weighted by Crippen LogP contribution is 2.16. The number of hydrogen-bond acceptors (Lipinski definition) is 4. The van der Waals surface area contributed by atoms with Crippen LogP contribution >= 0.6 is 0 Å². The van der Waals surface area contributed by atoms with Crippen molar-refractivity contribution in [3.05, 3.63) is 113 Å². The van der Waals surface area contributed by atoms with Gasteiger partial charge in [0.15, 0.2) is 0 Å². The summed E-state index contributed by atoms with van der Waals surface area (Å²) in [6.07, 6.45) is 5.37. The lowest BCUT2D eigenvalue weighted by Gasteiger charge is -2.21. The van der Waals surface area contributed by atoms with Crippen LogP contribution in [0.3, 0.4) is 0 Å². The van der Waals surface area contributed by atoms with Gasteiger partial charge in [0.05, 0.1) is 5.71 Å². The molecule has 36 heavy (non-hydrogen) atoms. The third-order valence-electron chi connectivity index (χ3n) is 5.51. The van der Waals surface area contributed by atoms with E-state index in [9.17, 15) is 9.59 Å². The predicted molar refractivity (Wildman–Crippen MR) is 149 cm³/mol. The third kappa shape index (κ3) is 7.81. The molecule has 3 aromatic carbocycles. The van der Waals surface area contributed by atoms with E-state index in [-0.39, 0.29) is 11.6 Å². The normalized spacial score (nSPS) is 11.9. The van der Waals surface area contributed by atoms with Gasteiger partial charge in [-0.05, 0) is 68.3 Å². The summed E-state index contributed by atoms with van der Waals surface area (Å²) in [5.41, 5.74) is 6.64. The van der Waals surface area contributed by atoms with Crippen molar-refractivity contribution in [2.24, 2.45) is 5.10 Å². The van der Waals surface area contributed by atoms with Crippen LogP contribution in [0.2, 0.25) is 0 Å². The Labute approximate surface area is 213 Å². The minimum Gasteiger partial charge on any atom is -0.372 e. The van der Waals surface area contributed by atoms with Crippen LogP contribution in [0.4, 0.5) is 5.69 Å². The van der Waals surface area contributed by atoms with E-state index in [1.54, 1.807) is 37.3 Å². The van der Waals surface area contributed by atoms with Gasteiger partial charge in [-0.15, -0.1) is 0 Å². The SMILES string of the molecule is CCN(CC)c1ccc(/C=C(/NC(=O)c2ccccc2)C(=O)N/N=C(C)\C=C/c2ccccc2)cc1. The zero-order valence-corrected chi connectivity index (χ0v) is 20.9. The lowest BCUT2D eigenvalue weighted by Crippen LogP contribution is -2.33. The highest BCUT2D eigenvalue weighted by atomic mass is 16.2. The number of benzene rings is 3. The molecule has 0 heterocycles. The number of allylic oxidation sites excluding steroid dienone is 1. The molecule has 0 aliphatic rings. The molecule has 0 atom stereocenters. The second-order valence-electron chi connectivity index (χ2n) is 8.08. The fourth-order valence-corrected chi connectivity index (χ4v) is 3.50. The van der Waals surface area contributed by atoms with E-state index in [4.69, 9.17) is 0 Å². The van der Waals surface area contributed by atoms with Crippen molar-refractivity contribution in [2.75, 3.05) is 18.0 Å². The monoisotopic (exact) mass is 480 g/mol. The topological polar surface area (TPSA) is 73.8 Å². The van der Waals surface area contributed by atoms with E-state index in [0.29, 0.717) is 11.3 Å². The molecule has 0 radical (unpaired) electrons. The Balaban J connectivity index is 1.80. The maximum absolute atomic E-state index is 13.0. The quantitative estimate of drug-likeness (QED) is 0.228. The number of hydrazone groups is 1. The number of nitrogens with one attached hydrogen (secondary N) is 2. The van der Waals surface area contributed by atoms with E-state index in [1.165, 1.54) is 0 Å². The molecule has 6 heteroatoms. The fraction of sp³-hybridized carbons (Fsp3) is 0.167. The zero-order valence-electron chi connectivity index (χ0n) is 20.9. The molecule has 3 aromatic rings. The van der Waals surface area contributed by atoms with Crippen LogP contribution in [0, 0.1) is 0 Å². The van der Waals surface area contributed by atoms with Crippen molar-refractivity contribution >= 4 is 35.4 Å². The van der Waals surface area contributed by atoms with E-state index < -0.39 is 5.91 Å². The molecule has 0 aliphatic carbocycles. The summed E-state index contributed by atoms with van der Waals surface area (Å²) in [6, 6.07) is 26.4. The second-order valence-corrected chi connectivity index (χ2v) is 8.08. The summed E-state index contributed by atoms with van der Waals surface area (Å²) < 4.78 is 0. The van der Waals surface area contributed by atoms with Gasteiger partial charge in [0, 0.05) is 24.3 Å². The van der Waals surface area contributed by atoms with Crippen LogP contribution < -0.4 is 15.6 Å². The fourth-order valence-electron chi connectivity index (χ4n) is 3.50. The van der Waals surface area contributed by atoms with Crippen molar-refractivity contribution in [1.29, 1.82) is 0 Å². The van der Waals surface area contributed by atoms with Gasteiger partial charge in [0.25, 0.3) is 11.8 Å². The van der Waals surface area contributed by atoms with Gasteiger partial charge in [0.2, 0.25) is 0 Å². The number of anilines is 1. The van der Waals surface area contributed by atoms with Gasteiger partial charge >= 0.3 is 0 Å². The second kappa shape index (κ2) is 13.4. The standard InChI is InChI=1S/C30H32N4O2/c1-4-34(5-2)27-20-18-25(19-21-27)22-28(31-29(35)26-14-10-7-11-15-26)30(36)33-32-23(3)16-17-24-12-8-6-9-13-24/h6-22H,4-5H2,1-3H3,(H,31,35)(H,33,36)/b17-16-,28-22+,32-23-. The zero-order chi connectivity index (χ0) is 25.8. The molecule has 0 unspecified atom stereocenters. The third-order valence-corrected chi connectivity index (χ3v) is 5.51. The number of nitrogens with zero attached hydrogens (tertiary/aromatic N) is 2. The summed E-state index contributed by atoms with van der Waals surface area (Å²) in [5, 5.41) is 6.91. The van der Waals surface area contributed by atoms with Gasteiger partial charge < -0.3 is 10.2 Å². The van der Waals surface area contributed by atoms with Crippen LogP contribution in [-0.4, -0.2) is 30.6 Å². The molecule has 0 spiro atoms. The van der Waals surface area contributed by atoms with Crippen molar-refractivity contribution < 1.29 is 9.59 Å². The van der Waals surface area contributed by atoms with E-state index in [2.05, 4.69) is 34.6 Å². The average molecular weight is 481 g/mol. The van der Waals surface area contributed by atoms with Crippen LogP contribution in [0.5, 0.6) is 0 Å². The summed E-state index contributed by atoms with van der Waals surface area (Å²) >= 11 is 0. The van der Waals surface area contributed by atoms with Gasteiger partial charge in [0.1, 0.15) is 5.70 Å². The molecule has 6 nitrogen and oxygen atoms in total. The van der Waals surface area contributed by atoms with Crippen molar-refractivity contribution in [3.8, 4) is 0 Å². The van der Waals surface area contributed by atoms with Gasteiger partial charge in [-0.2, -0.15) is 5.10 Å². The molecule has 0 aliphatic heterocycles. The molecule has 2 N–H and O–H groups in total. The number of rotatable bonds is 10. The molecule has 2 amide bonds. The highest BCUT2D eigenvalue weighted by Gasteiger charge is 2.14. The summed E-state index contributed by atoms with van der Waals surface area (Å²) in [4.78, 5) is 28.0. The van der Waals surface area contributed by atoms with Gasteiger partial charge in [-0.1, -0.05) is 66.7 Å². The first kappa shape index (κ1) is 26.2. The molecule has 0 saturated carbocycles. The van der Waals surface area contributed by atoms with Crippen molar-refractivity contribution in [3.63, 3.8) is 0 Å². The van der Waals surface area contributed by atoms with Gasteiger partial charge in [-0.25, -0.2) is 5.43 Å². The molecule has 0 fully saturated rings. The Morgan fingerprint density at radius 2 is 1.44 bits per heavy atom. The van der Waals surface area contributed by atoms with Crippen LogP contribution in [0.1, 0.15) is 42.3 Å². The lowest BCUT2D eigenvalue weighted by molar-refractivity contribution is -0.117. The smallest absolute Gasteiger partial charge is 0.287 e. The molecule has 0 aromatic heterocycles. The van der Waals surface area contributed by atoms with Crippen molar-refractivity contribution in [2.45, 2.75) is 20.8 Å². The largest absolute Gasteiger partial charge is 0.372 e. The first-order valence-electron chi connectivity index (χ1n) is 12.0. The van der Waals surface area contributed by atoms with Crippen molar-refractivity contribution in [1.82, 2.24) is 10.7 Å². The first-order valence-corrected chi connectivity index (χ1v) is 12.0. The molecular weight excluding hydrogens is 448 g/mol. The minimum absolute atomic E-state index is 0.100. The summed E-state index contributed by atoms with van der Waals surface area (Å²) in [7, 11) is 0. The average Bonchev–Trinajstić information content (AvgIpc) is 2.92. The van der Waals surface area contributed by atoms with E-state index in [1.807, 2.05) is 72.8 Å².